The van der Waals surface area contributed by atoms with Gasteiger partial charge in [-0.15, -0.1) is 0 Å². The van der Waals surface area contributed by atoms with E-state index < -0.39 is 0 Å². The maximum absolute atomic E-state index is 5.19. The van der Waals surface area contributed by atoms with Gasteiger partial charge in [0.2, 0.25) is 0 Å². The van der Waals surface area contributed by atoms with E-state index in [2.05, 4.69) is 13.8 Å². The summed E-state index contributed by atoms with van der Waals surface area (Å²) in [4.78, 5) is 0. The van der Waals surface area contributed by atoms with E-state index in [0.717, 1.165) is 13.0 Å². The lowest BCUT2D eigenvalue weighted by atomic mass is 10.1. The largest absolute Gasteiger partial charge is 0.379 e. The van der Waals surface area contributed by atoms with Crippen LogP contribution in [0, 0.1) is 0 Å². The van der Waals surface area contributed by atoms with Crippen molar-refractivity contribution < 1.29 is 8.92 Å². The molecule has 0 rings (SSSR count). The number of rotatable bonds is 5. The molecule has 0 fully saturated rings. The standard InChI is InChI=1S/C7H16O2S/c1-7(2,8-3)5-6-9-10-4/h5-6H2,1-4H3. The molecular formula is C7H16O2S. The Morgan fingerprint density at radius 3 is 2.40 bits per heavy atom. The molecule has 0 aliphatic rings. The highest BCUT2D eigenvalue weighted by atomic mass is 32.2. The van der Waals surface area contributed by atoms with Crippen molar-refractivity contribution in [1.82, 2.24) is 0 Å². The zero-order valence-electron chi connectivity index (χ0n) is 7.14. The summed E-state index contributed by atoms with van der Waals surface area (Å²) in [6, 6.07) is 0. The first-order valence-corrected chi connectivity index (χ1v) is 4.48. The first kappa shape index (κ1) is 10.3. The molecule has 0 saturated carbocycles. The number of methoxy groups -OCH3 is 1. The molecule has 0 N–H and O–H groups in total. The molecule has 0 aliphatic heterocycles. The minimum absolute atomic E-state index is 0.0459. The first-order chi connectivity index (χ1) is 4.62. The molecule has 10 heavy (non-hydrogen) atoms. The predicted molar refractivity (Wildman–Crippen MR) is 45.2 cm³/mol. The van der Waals surface area contributed by atoms with E-state index >= 15 is 0 Å². The van der Waals surface area contributed by atoms with Crippen molar-refractivity contribution in [3.8, 4) is 0 Å². The van der Waals surface area contributed by atoms with Crippen molar-refractivity contribution in [3.63, 3.8) is 0 Å². The van der Waals surface area contributed by atoms with Crippen LogP contribution in [0.15, 0.2) is 0 Å². The molecule has 0 aromatic heterocycles. The van der Waals surface area contributed by atoms with Crippen LogP contribution in [0.5, 0.6) is 0 Å². The van der Waals surface area contributed by atoms with Crippen LogP contribution in [0.1, 0.15) is 20.3 Å². The smallest absolute Gasteiger partial charge is 0.0645 e. The minimum Gasteiger partial charge on any atom is -0.379 e. The molecule has 0 aromatic carbocycles. The Hall–Kier alpha value is 0.270. The highest BCUT2D eigenvalue weighted by Crippen LogP contribution is 2.13. The van der Waals surface area contributed by atoms with E-state index in [1.165, 1.54) is 12.0 Å². The summed E-state index contributed by atoms with van der Waals surface area (Å²) in [7, 11) is 1.72. The highest BCUT2D eigenvalue weighted by molar-refractivity contribution is 7.93. The molecule has 0 unspecified atom stereocenters. The first-order valence-electron chi connectivity index (χ1n) is 3.33. The fourth-order valence-corrected chi connectivity index (χ4v) is 0.723. The maximum atomic E-state index is 5.19. The fraction of sp³-hybridized carbons (Fsp3) is 1.00. The van der Waals surface area contributed by atoms with Gasteiger partial charge in [-0.1, -0.05) is 0 Å². The van der Waals surface area contributed by atoms with Crippen LogP contribution in [0.4, 0.5) is 0 Å². The number of hydrogen-bond donors (Lipinski definition) is 0. The number of hydrogen-bond acceptors (Lipinski definition) is 3. The zero-order valence-corrected chi connectivity index (χ0v) is 7.96. The molecule has 2 nitrogen and oxygen atoms in total. The topological polar surface area (TPSA) is 18.5 Å². The van der Waals surface area contributed by atoms with Crippen LogP contribution >= 0.6 is 12.0 Å². The van der Waals surface area contributed by atoms with Gasteiger partial charge in [0.05, 0.1) is 12.2 Å². The van der Waals surface area contributed by atoms with Gasteiger partial charge in [0, 0.05) is 19.8 Å². The molecule has 0 heterocycles. The SMILES string of the molecule is COC(C)(C)CCOSC. The van der Waals surface area contributed by atoms with Crippen molar-refractivity contribution in [1.29, 1.82) is 0 Å². The van der Waals surface area contributed by atoms with Crippen molar-refractivity contribution in [2.75, 3.05) is 20.0 Å². The molecule has 0 spiro atoms. The van der Waals surface area contributed by atoms with Crippen LogP contribution in [0.25, 0.3) is 0 Å². The average molecular weight is 164 g/mol. The van der Waals surface area contributed by atoms with Crippen molar-refractivity contribution >= 4 is 12.0 Å². The molecule has 62 valence electrons. The minimum atomic E-state index is -0.0459. The second kappa shape index (κ2) is 4.99. The lowest BCUT2D eigenvalue weighted by Gasteiger charge is -2.21. The Labute approximate surface area is 67.5 Å². The third-order valence-electron chi connectivity index (χ3n) is 1.46. The van der Waals surface area contributed by atoms with Crippen LogP contribution in [0.3, 0.4) is 0 Å². The molecule has 0 saturated heterocycles. The second-order valence-electron chi connectivity index (χ2n) is 2.70. The summed E-state index contributed by atoms with van der Waals surface area (Å²) in [5, 5.41) is 0. The zero-order chi connectivity index (χ0) is 8.04. The van der Waals surface area contributed by atoms with Gasteiger partial charge in [0.1, 0.15) is 0 Å². The summed E-state index contributed by atoms with van der Waals surface area (Å²) in [6.07, 6.45) is 2.85. The van der Waals surface area contributed by atoms with E-state index in [1.807, 2.05) is 6.26 Å². The quantitative estimate of drug-likeness (QED) is 0.458. The number of ether oxygens (including phenoxy) is 1. The third kappa shape index (κ3) is 5.09. The Morgan fingerprint density at radius 2 is 2.00 bits per heavy atom. The summed E-state index contributed by atoms with van der Waals surface area (Å²) >= 11 is 1.40. The van der Waals surface area contributed by atoms with Crippen LogP contribution in [0.2, 0.25) is 0 Å². The summed E-state index contributed by atoms with van der Waals surface area (Å²) in [6.45, 7) is 4.86. The van der Waals surface area contributed by atoms with Gasteiger partial charge < -0.3 is 8.92 Å². The third-order valence-corrected chi connectivity index (χ3v) is 1.86. The maximum Gasteiger partial charge on any atom is 0.0645 e. The highest BCUT2D eigenvalue weighted by Gasteiger charge is 2.15. The normalized spacial score (nSPS) is 12.0. The van der Waals surface area contributed by atoms with E-state index in [1.54, 1.807) is 7.11 Å². The van der Waals surface area contributed by atoms with Gasteiger partial charge in [0.15, 0.2) is 0 Å². The summed E-state index contributed by atoms with van der Waals surface area (Å²) in [5.74, 6) is 0. The lowest BCUT2D eigenvalue weighted by molar-refractivity contribution is 0.00719. The van der Waals surface area contributed by atoms with Crippen molar-refractivity contribution in [2.45, 2.75) is 25.9 Å². The Bertz CT molecular complexity index is 83.7. The van der Waals surface area contributed by atoms with Crippen LogP contribution < -0.4 is 0 Å². The second-order valence-corrected chi connectivity index (χ2v) is 3.27. The molecule has 0 bridgehead atoms. The molecule has 0 amide bonds. The van der Waals surface area contributed by atoms with Crippen LogP contribution in [-0.2, 0) is 8.92 Å². The summed E-state index contributed by atoms with van der Waals surface area (Å²) in [5.41, 5.74) is -0.0459. The van der Waals surface area contributed by atoms with E-state index in [4.69, 9.17) is 8.92 Å². The Morgan fingerprint density at radius 1 is 1.40 bits per heavy atom. The molecule has 0 radical (unpaired) electrons. The molecular weight excluding hydrogens is 148 g/mol. The summed E-state index contributed by atoms with van der Waals surface area (Å²) < 4.78 is 10.3. The molecule has 0 aromatic rings. The lowest BCUT2D eigenvalue weighted by Crippen LogP contribution is -2.23. The fourth-order valence-electron chi connectivity index (χ4n) is 0.473. The van der Waals surface area contributed by atoms with E-state index in [-0.39, 0.29) is 5.60 Å². The van der Waals surface area contributed by atoms with Gasteiger partial charge in [-0.25, -0.2) is 0 Å². The van der Waals surface area contributed by atoms with E-state index in [0.29, 0.717) is 0 Å². The monoisotopic (exact) mass is 164 g/mol. The van der Waals surface area contributed by atoms with Gasteiger partial charge in [-0.2, -0.15) is 0 Å². The van der Waals surface area contributed by atoms with E-state index in [9.17, 15) is 0 Å². The van der Waals surface area contributed by atoms with Gasteiger partial charge in [-0.3, -0.25) is 0 Å². The van der Waals surface area contributed by atoms with Crippen LogP contribution in [-0.4, -0.2) is 25.6 Å². The molecule has 0 aliphatic carbocycles. The molecule has 0 atom stereocenters. The van der Waals surface area contributed by atoms with Gasteiger partial charge >= 0.3 is 0 Å². The van der Waals surface area contributed by atoms with Gasteiger partial charge in [-0.05, 0) is 25.9 Å². The Balaban J connectivity index is 3.28. The van der Waals surface area contributed by atoms with Gasteiger partial charge in [0.25, 0.3) is 0 Å². The van der Waals surface area contributed by atoms with Crippen molar-refractivity contribution in [3.05, 3.63) is 0 Å². The predicted octanol–water partition coefficient (Wildman–Crippen LogP) is 2.10. The molecule has 3 heteroatoms. The Kier molecular flexibility index (Phi) is 5.13. The average Bonchev–Trinajstić information content (AvgIpc) is 1.89. The van der Waals surface area contributed by atoms with Crippen molar-refractivity contribution in [2.24, 2.45) is 0 Å².